The van der Waals surface area contributed by atoms with Gasteiger partial charge in [0.2, 0.25) is 11.8 Å². The summed E-state index contributed by atoms with van der Waals surface area (Å²) in [5.74, 6) is -1.25. The maximum atomic E-state index is 14.0. The zero-order valence-electron chi connectivity index (χ0n) is 23.7. The van der Waals surface area contributed by atoms with Crippen molar-refractivity contribution in [3.05, 3.63) is 47.2 Å². The molecule has 2 saturated heterocycles. The molecule has 40 heavy (non-hydrogen) atoms. The van der Waals surface area contributed by atoms with Crippen LogP contribution in [0, 0.1) is 19.8 Å². The number of para-hydroxylation sites is 1. The summed E-state index contributed by atoms with van der Waals surface area (Å²) in [4.78, 5) is 41.5. The van der Waals surface area contributed by atoms with Crippen LogP contribution in [0.2, 0.25) is 0 Å². The molecule has 2 amide bonds. The van der Waals surface area contributed by atoms with E-state index in [0.717, 1.165) is 55.2 Å². The van der Waals surface area contributed by atoms with Gasteiger partial charge >= 0.3 is 6.18 Å². The van der Waals surface area contributed by atoms with Gasteiger partial charge in [-0.1, -0.05) is 12.1 Å². The molecular formula is C29H37F3N6O2. The number of aryl methyl sites for hydroxylation is 2. The minimum absolute atomic E-state index is 0.0600. The predicted molar refractivity (Wildman–Crippen MR) is 149 cm³/mol. The average Bonchev–Trinajstić information content (AvgIpc) is 3.21. The number of amides is 2. The van der Waals surface area contributed by atoms with E-state index in [1.165, 1.54) is 11.8 Å². The number of hydrogen-bond donors (Lipinski definition) is 0. The molecule has 8 nitrogen and oxygen atoms in total. The highest BCUT2D eigenvalue weighted by Gasteiger charge is 2.49. The van der Waals surface area contributed by atoms with Crippen molar-refractivity contribution >= 4 is 29.0 Å². The number of rotatable bonds is 4. The van der Waals surface area contributed by atoms with Gasteiger partial charge in [0.15, 0.2) is 0 Å². The number of halogens is 3. The highest BCUT2D eigenvalue weighted by Crippen LogP contribution is 2.41. The average molecular weight is 559 g/mol. The third kappa shape index (κ3) is 5.28. The lowest BCUT2D eigenvalue weighted by Gasteiger charge is -2.41. The normalized spacial score (nSPS) is 24.7. The Morgan fingerprint density at radius 2 is 1.77 bits per heavy atom. The monoisotopic (exact) mass is 558 g/mol. The van der Waals surface area contributed by atoms with Crippen molar-refractivity contribution in [1.82, 2.24) is 14.8 Å². The summed E-state index contributed by atoms with van der Waals surface area (Å²) < 4.78 is 40.9. The summed E-state index contributed by atoms with van der Waals surface area (Å²) in [6, 6.07) is 7.13. The molecule has 1 aromatic carbocycles. The third-order valence-corrected chi connectivity index (χ3v) is 8.61. The van der Waals surface area contributed by atoms with Gasteiger partial charge < -0.3 is 14.7 Å². The van der Waals surface area contributed by atoms with Gasteiger partial charge in [0.05, 0.1) is 16.9 Å². The summed E-state index contributed by atoms with van der Waals surface area (Å²) in [5, 5.41) is 0. The molecule has 0 aliphatic carbocycles. The molecule has 3 atom stereocenters. The molecule has 3 aliphatic heterocycles. The summed E-state index contributed by atoms with van der Waals surface area (Å²) in [6.07, 6.45) is -4.54. The van der Waals surface area contributed by atoms with Gasteiger partial charge in [-0.15, -0.1) is 0 Å². The number of carbonyl (C=O) groups is 2. The first kappa shape index (κ1) is 28.4. The minimum Gasteiger partial charge on any atom is -0.368 e. The molecular weight excluding hydrogens is 521 g/mol. The topological polar surface area (TPSA) is 63.2 Å². The molecule has 4 heterocycles. The summed E-state index contributed by atoms with van der Waals surface area (Å²) in [6.45, 7) is 10.6. The number of benzene rings is 1. The number of pyridine rings is 1. The molecule has 3 aliphatic rings. The molecule has 2 fully saturated rings. The quantitative estimate of drug-likeness (QED) is 0.572. The second-order valence-electron chi connectivity index (χ2n) is 11.4. The molecule has 0 radical (unpaired) electrons. The van der Waals surface area contributed by atoms with E-state index >= 15 is 0 Å². The molecule has 11 heteroatoms. The molecule has 0 saturated carbocycles. The summed E-state index contributed by atoms with van der Waals surface area (Å²) in [7, 11) is 3.81. The van der Waals surface area contributed by atoms with Crippen molar-refractivity contribution < 1.29 is 22.8 Å². The Morgan fingerprint density at radius 3 is 2.48 bits per heavy atom. The fraction of sp³-hybridized carbons (Fsp3) is 0.552. The van der Waals surface area contributed by atoms with E-state index in [1.54, 1.807) is 11.9 Å². The van der Waals surface area contributed by atoms with E-state index in [0.29, 0.717) is 19.1 Å². The zero-order valence-corrected chi connectivity index (χ0v) is 23.7. The van der Waals surface area contributed by atoms with E-state index in [4.69, 9.17) is 0 Å². The van der Waals surface area contributed by atoms with Crippen molar-refractivity contribution in [2.24, 2.45) is 5.92 Å². The Labute approximate surface area is 233 Å². The Bertz CT molecular complexity index is 1300. The van der Waals surface area contributed by atoms with E-state index in [-0.39, 0.29) is 23.8 Å². The van der Waals surface area contributed by atoms with Gasteiger partial charge in [-0.2, -0.15) is 13.2 Å². The fourth-order valence-corrected chi connectivity index (χ4v) is 6.29. The second-order valence-corrected chi connectivity index (χ2v) is 11.4. The fourth-order valence-electron chi connectivity index (χ4n) is 6.29. The smallest absolute Gasteiger partial charge is 0.368 e. The second kappa shape index (κ2) is 10.7. The molecule has 1 aromatic heterocycles. The van der Waals surface area contributed by atoms with E-state index < -0.39 is 29.6 Å². The number of aromatic nitrogens is 1. The van der Waals surface area contributed by atoms with Gasteiger partial charge in [-0.3, -0.25) is 19.4 Å². The number of piperazine rings is 1. The van der Waals surface area contributed by atoms with E-state index in [1.807, 2.05) is 25.1 Å². The standard InChI is InChI=1S/C29H37F3N6O2/c1-18-7-6-8-23-26(18)37(12-11-36-10-9-34(4)20(3)16-36)17-21-14-25(39)38(27(21)28(40)35(23)5)24-15-22(29(30,31)32)13-19(2)33-24/h6-8,13,15,20-21,27H,9-12,14,16-17H2,1-5H3/t20-,21-,27+/m1/s1. The summed E-state index contributed by atoms with van der Waals surface area (Å²) >= 11 is 0. The van der Waals surface area contributed by atoms with Crippen LogP contribution in [0.25, 0.3) is 0 Å². The van der Waals surface area contributed by atoms with Gasteiger partial charge in [0.1, 0.15) is 11.9 Å². The van der Waals surface area contributed by atoms with Crippen LogP contribution in [-0.4, -0.2) is 92.0 Å². The van der Waals surface area contributed by atoms with Crippen LogP contribution in [0.5, 0.6) is 0 Å². The lowest BCUT2D eigenvalue weighted by molar-refractivity contribution is -0.137. The number of carbonyl (C=O) groups excluding carboxylic acids is 2. The zero-order chi connectivity index (χ0) is 28.9. The molecule has 216 valence electrons. The lowest BCUT2D eigenvalue weighted by atomic mass is 9.95. The van der Waals surface area contributed by atoms with Crippen LogP contribution in [0.15, 0.2) is 30.3 Å². The van der Waals surface area contributed by atoms with E-state index in [2.05, 4.69) is 33.7 Å². The first-order chi connectivity index (χ1) is 18.8. The molecule has 0 bridgehead atoms. The Hall–Kier alpha value is -3.18. The maximum absolute atomic E-state index is 14.0. The molecule has 2 aromatic rings. The van der Waals surface area contributed by atoms with Crippen molar-refractivity contribution in [3.63, 3.8) is 0 Å². The van der Waals surface area contributed by atoms with Crippen molar-refractivity contribution in [1.29, 1.82) is 0 Å². The maximum Gasteiger partial charge on any atom is 0.416 e. The Balaban J connectivity index is 1.51. The number of likely N-dealkylation sites (N-methyl/N-ethyl adjacent to an activating group) is 2. The van der Waals surface area contributed by atoms with Crippen LogP contribution in [-0.2, 0) is 15.8 Å². The van der Waals surface area contributed by atoms with Crippen LogP contribution >= 0.6 is 0 Å². The van der Waals surface area contributed by atoms with Gasteiger partial charge in [-0.05, 0) is 51.6 Å². The lowest BCUT2D eigenvalue weighted by Crippen LogP contribution is -2.54. The SMILES string of the molecule is Cc1cc(C(F)(F)F)cc(N2C(=O)C[C@@H]3CN(CCN4CCN(C)[C@H](C)C4)c4c(C)cccc4N(C)C(=O)[C@H]32)n1. The van der Waals surface area contributed by atoms with Gasteiger partial charge in [0.25, 0.3) is 0 Å². The van der Waals surface area contributed by atoms with Crippen LogP contribution in [0.3, 0.4) is 0 Å². The van der Waals surface area contributed by atoms with Gasteiger partial charge in [-0.25, -0.2) is 4.98 Å². The predicted octanol–water partition coefficient (Wildman–Crippen LogP) is 3.56. The Morgan fingerprint density at radius 1 is 1.02 bits per heavy atom. The number of nitrogens with zero attached hydrogens (tertiary/aromatic N) is 6. The molecule has 0 N–H and O–H groups in total. The minimum atomic E-state index is -4.60. The highest BCUT2D eigenvalue weighted by atomic mass is 19.4. The number of hydrogen-bond acceptors (Lipinski definition) is 6. The van der Waals surface area contributed by atoms with Crippen molar-refractivity contribution in [2.45, 2.75) is 45.5 Å². The molecule has 5 rings (SSSR count). The van der Waals surface area contributed by atoms with Crippen molar-refractivity contribution in [2.75, 3.05) is 68.1 Å². The van der Waals surface area contributed by atoms with Crippen LogP contribution in [0.4, 0.5) is 30.4 Å². The number of fused-ring (bicyclic) bond motifs is 2. The first-order valence-corrected chi connectivity index (χ1v) is 13.8. The van der Waals surface area contributed by atoms with Gasteiger partial charge in [0, 0.05) is 70.4 Å². The van der Waals surface area contributed by atoms with E-state index in [9.17, 15) is 22.8 Å². The number of alkyl halides is 3. The largest absolute Gasteiger partial charge is 0.416 e. The highest BCUT2D eigenvalue weighted by molar-refractivity contribution is 6.10. The molecule has 0 unspecified atom stereocenters. The van der Waals surface area contributed by atoms with Crippen molar-refractivity contribution in [3.8, 4) is 0 Å². The first-order valence-electron chi connectivity index (χ1n) is 13.8. The van der Waals surface area contributed by atoms with Crippen LogP contribution in [0.1, 0.15) is 30.2 Å². The third-order valence-electron chi connectivity index (χ3n) is 8.61. The Kier molecular flexibility index (Phi) is 7.56. The van der Waals surface area contributed by atoms with Crippen LogP contribution < -0.4 is 14.7 Å². The number of anilines is 3. The summed E-state index contributed by atoms with van der Waals surface area (Å²) in [5.41, 5.74) is 1.96. The molecule has 0 spiro atoms.